The maximum Gasteiger partial charge on any atom is 0.194 e. The van der Waals surface area contributed by atoms with E-state index in [2.05, 4.69) is 0 Å². The number of hydrogen-bond donors (Lipinski definition) is 4. The van der Waals surface area contributed by atoms with Gasteiger partial charge in [-0.25, -0.2) is 0 Å². The molecule has 2 unspecified atom stereocenters. The van der Waals surface area contributed by atoms with E-state index >= 15 is 0 Å². The van der Waals surface area contributed by atoms with Gasteiger partial charge in [-0.15, -0.1) is 0 Å². The lowest BCUT2D eigenvalue weighted by molar-refractivity contribution is 0.0968. The summed E-state index contributed by atoms with van der Waals surface area (Å²) in [6, 6.07) is 8.88. The SMILES string of the molecule is CC(C)(CO)C(N)c1cccc2c1C(=O)c1cccc(C(N)C(C)(C)CO)c1C2=O. The van der Waals surface area contributed by atoms with E-state index in [9.17, 15) is 19.8 Å². The van der Waals surface area contributed by atoms with Crippen LogP contribution in [0.2, 0.25) is 0 Å². The van der Waals surface area contributed by atoms with Gasteiger partial charge in [-0.1, -0.05) is 64.1 Å². The molecule has 30 heavy (non-hydrogen) atoms. The zero-order valence-corrected chi connectivity index (χ0v) is 17.9. The molecule has 0 aliphatic heterocycles. The first-order valence-electron chi connectivity index (χ1n) is 10.1. The van der Waals surface area contributed by atoms with Crippen LogP contribution < -0.4 is 11.5 Å². The van der Waals surface area contributed by atoms with Crippen LogP contribution in [-0.4, -0.2) is 35.0 Å². The zero-order valence-electron chi connectivity index (χ0n) is 17.9. The summed E-state index contributed by atoms with van der Waals surface area (Å²) < 4.78 is 0. The maximum absolute atomic E-state index is 13.5. The Kier molecular flexibility index (Phi) is 5.73. The van der Waals surface area contributed by atoms with Gasteiger partial charge in [-0.2, -0.15) is 0 Å². The molecule has 0 amide bonds. The van der Waals surface area contributed by atoms with Gasteiger partial charge in [0.05, 0.1) is 0 Å². The van der Waals surface area contributed by atoms with Crippen LogP contribution in [0.1, 0.15) is 82.7 Å². The molecule has 3 rings (SSSR count). The minimum absolute atomic E-state index is 0.161. The van der Waals surface area contributed by atoms with Crippen LogP contribution in [0.15, 0.2) is 36.4 Å². The van der Waals surface area contributed by atoms with Crippen molar-refractivity contribution in [1.29, 1.82) is 0 Å². The molecular formula is C24H30N2O4. The summed E-state index contributed by atoms with van der Waals surface area (Å²) in [5.74, 6) is -0.564. The molecule has 2 aromatic carbocycles. The number of nitrogens with two attached hydrogens (primary N) is 2. The molecule has 0 saturated carbocycles. The molecule has 2 atom stereocenters. The fourth-order valence-corrected chi connectivity index (χ4v) is 3.85. The van der Waals surface area contributed by atoms with Gasteiger partial charge in [0.1, 0.15) is 0 Å². The van der Waals surface area contributed by atoms with Crippen LogP contribution in [0.4, 0.5) is 0 Å². The largest absolute Gasteiger partial charge is 0.396 e. The maximum atomic E-state index is 13.5. The third kappa shape index (κ3) is 3.40. The van der Waals surface area contributed by atoms with Crippen molar-refractivity contribution in [2.75, 3.05) is 13.2 Å². The molecule has 1 aliphatic rings. The van der Waals surface area contributed by atoms with Crippen LogP contribution in [-0.2, 0) is 0 Å². The fourth-order valence-electron chi connectivity index (χ4n) is 3.85. The number of aliphatic hydroxyl groups is 2. The van der Waals surface area contributed by atoms with Gasteiger partial charge in [0.15, 0.2) is 11.6 Å². The first kappa shape index (κ1) is 22.3. The Morgan fingerprint density at radius 2 is 1.07 bits per heavy atom. The molecule has 0 fully saturated rings. The van der Waals surface area contributed by atoms with E-state index in [1.54, 1.807) is 36.4 Å². The summed E-state index contributed by atoms with van der Waals surface area (Å²) in [5.41, 5.74) is 13.7. The van der Waals surface area contributed by atoms with Gasteiger partial charge in [-0.3, -0.25) is 9.59 Å². The molecule has 0 radical (unpaired) electrons. The first-order chi connectivity index (χ1) is 14.0. The van der Waals surface area contributed by atoms with Gasteiger partial charge in [0, 0.05) is 58.4 Å². The van der Waals surface area contributed by atoms with Gasteiger partial charge in [0.25, 0.3) is 0 Å². The van der Waals surface area contributed by atoms with Gasteiger partial charge < -0.3 is 21.7 Å². The van der Waals surface area contributed by atoms with E-state index in [-0.39, 0.29) is 47.0 Å². The van der Waals surface area contributed by atoms with E-state index in [0.717, 1.165) is 0 Å². The molecule has 6 heteroatoms. The summed E-state index contributed by atoms with van der Waals surface area (Å²) in [4.78, 5) is 27.1. The van der Waals surface area contributed by atoms with Gasteiger partial charge in [0.2, 0.25) is 0 Å². The number of fused-ring (bicyclic) bond motifs is 2. The Bertz CT molecular complexity index is 929. The second-order valence-electron chi connectivity index (χ2n) is 9.45. The molecule has 6 nitrogen and oxygen atoms in total. The van der Waals surface area contributed by atoms with Crippen molar-refractivity contribution in [3.63, 3.8) is 0 Å². The highest BCUT2D eigenvalue weighted by Gasteiger charge is 2.39. The lowest BCUT2D eigenvalue weighted by atomic mass is 9.72. The van der Waals surface area contributed by atoms with E-state index in [1.807, 2.05) is 27.7 Å². The number of benzene rings is 2. The Balaban J connectivity index is 2.22. The van der Waals surface area contributed by atoms with E-state index in [4.69, 9.17) is 11.5 Å². The summed E-state index contributed by atoms with van der Waals surface area (Å²) in [5, 5.41) is 19.5. The molecule has 0 aromatic heterocycles. The van der Waals surface area contributed by atoms with Crippen molar-refractivity contribution < 1.29 is 19.8 Å². The fraction of sp³-hybridized carbons (Fsp3) is 0.417. The normalized spacial score (nSPS) is 16.1. The van der Waals surface area contributed by atoms with Crippen LogP contribution in [0.3, 0.4) is 0 Å². The first-order valence-corrected chi connectivity index (χ1v) is 10.1. The van der Waals surface area contributed by atoms with Crippen molar-refractivity contribution >= 4 is 11.6 Å². The van der Waals surface area contributed by atoms with Crippen molar-refractivity contribution in [1.82, 2.24) is 0 Å². The molecule has 6 N–H and O–H groups in total. The van der Waals surface area contributed by atoms with Crippen molar-refractivity contribution in [2.45, 2.75) is 39.8 Å². The van der Waals surface area contributed by atoms with Crippen molar-refractivity contribution in [2.24, 2.45) is 22.3 Å². The number of hydrogen-bond acceptors (Lipinski definition) is 6. The van der Waals surface area contributed by atoms with Crippen LogP contribution in [0.5, 0.6) is 0 Å². The summed E-state index contributed by atoms with van der Waals surface area (Å²) >= 11 is 0. The molecule has 1 aliphatic carbocycles. The Labute approximate surface area is 176 Å². The smallest absolute Gasteiger partial charge is 0.194 e. The Morgan fingerprint density at radius 1 is 0.733 bits per heavy atom. The van der Waals surface area contributed by atoms with Crippen LogP contribution in [0.25, 0.3) is 0 Å². The quantitative estimate of drug-likeness (QED) is 0.494. The summed E-state index contributed by atoms with van der Waals surface area (Å²) in [6.07, 6.45) is 0. The highest BCUT2D eigenvalue weighted by molar-refractivity contribution is 6.29. The summed E-state index contributed by atoms with van der Waals surface area (Å²) in [6.45, 7) is 6.93. The highest BCUT2D eigenvalue weighted by Crippen LogP contribution is 2.40. The predicted molar refractivity (Wildman–Crippen MR) is 115 cm³/mol. The Hall–Kier alpha value is -2.38. The number of rotatable bonds is 6. The van der Waals surface area contributed by atoms with E-state index < -0.39 is 22.9 Å². The van der Waals surface area contributed by atoms with Crippen LogP contribution in [0, 0.1) is 10.8 Å². The van der Waals surface area contributed by atoms with E-state index in [0.29, 0.717) is 11.1 Å². The number of carbonyl (C=O) groups is 2. The summed E-state index contributed by atoms with van der Waals surface area (Å²) in [7, 11) is 0. The lowest BCUT2D eigenvalue weighted by Crippen LogP contribution is -2.36. The topological polar surface area (TPSA) is 127 Å². The van der Waals surface area contributed by atoms with Crippen molar-refractivity contribution in [3.8, 4) is 0 Å². The minimum atomic E-state index is -0.673. The third-order valence-electron chi connectivity index (χ3n) is 6.31. The average molecular weight is 411 g/mol. The third-order valence-corrected chi connectivity index (χ3v) is 6.31. The second kappa shape index (κ2) is 7.71. The average Bonchev–Trinajstić information content (AvgIpc) is 2.75. The molecule has 0 spiro atoms. The molecule has 0 saturated heterocycles. The molecule has 0 heterocycles. The molecule has 160 valence electrons. The van der Waals surface area contributed by atoms with Crippen LogP contribution >= 0.6 is 0 Å². The predicted octanol–water partition coefficient (Wildman–Crippen LogP) is 2.50. The van der Waals surface area contributed by atoms with Crippen molar-refractivity contribution in [3.05, 3.63) is 69.8 Å². The number of aliphatic hydroxyl groups excluding tert-OH is 2. The highest BCUT2D eigenvalue weighted by atomic mass is 16.3. The van der Waals surface area contributed by atoms with Gasteiger partial charge >= 0.3 is 0 Å². The molecule has 0 bridgehead atoms. The van der Waals surface area contributed by atoms with E-state index in [1.165, 1.54) is 0 Å². The standard InChI is InChI=1S/C24H30N2O4/c1-23(2,11-27)21(25)15-9-5-7-13-17(15)19(29)14-8-6-10-16(18(14)20(13)30)22(26)24(3,4)12-28/h5-10,21-22,27-28H,11-12,25-26H2,1-4H3. The monoisotopic (exact) mass is 410 g/mol. The molecule has 2 aromatic rings. The second-order valence-corrected chi connectivity index (χ2v) is 9.45. The number of ketones is 2. The number of carbonyl (C=O) groups excluding carboxylic acids is 2. The van der Waals surface area contributed by atoms with Gasteiger partial charge in [-0.05, 0) is 11.1 Å². The molecular weight excluding hydrogens is 380 g/mol. The Morgan fingerprint density at radius 3 is 1.37 bits per heavy atom. The lowest BCUT2D eigenvalue weighted by Gasteiger charge is -2.34. The zero-order chi connectivity index (χ0) is 22.4. The minimum Gasteiger partial charge on any atom is -0.396 e.